The second kappa shape index (κ2) is 8.28. The Hall–Kier alpha value is -2.77. The molecule has 0 radical (unpaired) electrons. The topological polar surface area (TPSA) is 59.9 Å². The van der Waals surface area contributed by atoms with Crippen molar-refractivity contribution in [2.24, 2.45) is 0 Å². The summed E-state index contributed by atoms with van der Waals surface area (Å²) in [7, 11) is 0. The minimum Gasteiger partial charge on any atom is -0.488 e. The Labute approximate surface area is 169 Å². The van der Waals surface area contributed by atoms with Gasteiger partial charge in [0.05, 0.1) is 5.56 Å². The monoisotopic (exact) mass is 438 g/mol. The minimum atomic E-state index is 0.463. The van der Waals surface area contributed by atoms with Crippen LogP contribution in [0.4, 0.5) is 10.8 Å². The number of para-hydroxylation sites is 1. The summed E-state index contributed by atoms with van der Waals surface area (Å²) < 4.78 is 6.99. The molecule has 27 heavy (non-hydrogen) atoms. The summed E-state index contributed by atoms with van der Waals surface area (Å²) in [6.45, 7) is 0.463. The van der Waals surface area contributed by atoms with Gasteiger partial charge in [-0.15, -0.1) is 10.2 Å². The molecule has 2 aromatic heterocycles. The highest BCUT2D eigenvalue weighted by Gasteiger charge is 2.13. The highest BCUT2D eigenvalue weighted by Crippen LogP contribution is 2.36. The normalized spacial score (nSPS) is 10.6. The molecule has 5 nitrogen and oxygen atoms in total. The number of nitrogens with zero attached hydrogens (tertiary/aromatic N) is 3. The molecule has 0 atom stereocenters. The van der Waals surface area contributed by atoms with Crippen LogP contribution in [0.2, 0.25) is 0 Å². The van der Waals surface area contributed by atoms with Crippen LogP contribution >= 0.6 is 27.3 Å². The molecule has 0 spiro atoms. The summed E-state index contributed by atoms with van der Waals surface area (Å²) >= 11 is 5.01. The number of rotatable bonds is 6. The Bertz CT molecular complexity index is 1020. The van der Waals surface area contributed by atoms with Gasteiger partial charge in [0, 0.05) is 22.6 Å². The fraction of sp³-hybridized carbons (Fsp3) is 0.0500. The van der Waals surface area contributed by atoms with Crippen molar-refractivity contribution in [1.29, 1.82) is 0 Å². The van der Waals surface area contributed by atoms with Crippen molar-refractivity contribution < 1.29 is 4.74 Å². The standard InChI is InChI=1S/C20H15BrN4OS/c21-15-6-7-18(26-13-14-8-10-22-11-9-14)17(12-15)19-24-25-20(27-19)23-16-4-2-1-3-5-16/h1-12H,13H2,(H,23,25). The second-order valence-corrected chi connectivity index (χ2v) is 7.58. The van der Waals surface area contributed by atoms with Crippen molar-refractivity contribution in [1.82, 2.24) is 15.2 Å². The fourth-order valence-electron chi connectivity index (χ4n) is 2.46. The highest BCUT2D eigenvalue weighted by molar-refractivity contribution is 9.10. The lowest BCUT2D eigenvalue weighted by atomic mass is 10.2. The van der Waals surface area contributed by atoms with Crippen LogP contribution in [0.1, 0.15) is 5.56 Å². The summed E-state index contributed by atoms with van der Waals surface area (Å²) in [5.74, 6) is 0.762. The molecule has 0 aliphatic rings. The molecule has 0 saturated carbocycles. The fourth-order valence-corrected chi connectivity index (χ4v) is 3.61. The van der Waals surface area contributed by atoms with Gasteiger partial charge in [-0.3, -0.25) is 4.98 Å². The second-order valence-electron chi connectivity index (χ2n) is 5.69. The molecule has 0 amide bonds. The van der Waals surface area contributed by atoms with Crippen molar-refractivity contribution in [2.75, 3.05) is 5.32 Å². The third-order valence-corrected chi connectivity index (χ3v) is 5.13. The van der Waals surface area contributed by atoms with Gasteiger partial charge in [-0.2, -0.15) is 0 Å². The van der Waals surface area contributed by atoms with Gasteiger partial charge in [-0.25, -0.2) is 0 Å². The van der Waals surface area contributed by atoms with Crippen LogP contribution in [0, 0.1) is 0 Å². The predicted molar refractivity (Wildman–Crippen MR) is 111 cm³/mol. The van der Waals surface area contributed by atoms with Crippen molar-refractivity contribution in [2.45, 2.75) is 6.61 Å². The molecule has 0 unspecified atom stereocenters. The van der Waals surface area contributed by atoms with Crippen LogP contribution in [0.15, 0.2) is 77.5 Å². The van der Waals surface area contributed by atoms with Gasteiger partial charge in [0.2, 0.25) is 5.13 Å². The molecular formula is C20H15BrN4OS. The first-order valence-electron chi connectivity index (χ1n) is 8.25. The summed E-state index contributed by atoms with van der Waals surface area (Å²) in [6, 6.07) is 19.7. The van der Waals surface area contributed by atoms with Gasteiger partial charge in [-0.1, -0.05) is 45.5 Å². The Morgan fingerprint density at radius 2 is 1.78 bits per heavy atom. The first-order valence-corrected chi connectivity index (χ1v) is 9.86. The van der Waals surface area contributed by atoms with E-state index in [1.54, 1.807) is 12.4 Å². The van der Waals surface area contributed by atoms with E-state index in [0.29, 0.717) is 6.61 Å². The van der Waals surface area contributed by atoms with Gasteiger partial charge in [0.15, 0.2) is 5.01 Å². The Balaban J connectivity index is 1.57. The average Bonchev–Trinajstić information content (AvgIpc) is 3.17. The number of aromatic nitrogens is 3. The molecule has 7 heteroatoms. The molecule has 0 aliphatic heterocycles. The van der Waals surface area contributed by atoms with E-state index in [1.165, 1.54) is 11.3 Å². The number of hydrogen-bond donors (Lipinski definition) is 1. The van der Waals surface area contributed by atoms with Gasteiger partial charge in [0.25, 0.3) is 0 Å². The quantitative estimate of drug-likeness (QED) is 0.419. The molecular weight excluding hydrogens is 424 g/mol. The molecule has 0 aliphatic carbocycles. The van der Waals surface area contributed by atoms with E-state index < -0.39 is 0 Å². The maximum absolute atomic E-state index is 6.03. The van der Waals surface area contributed by atoms with Gasteiger partial charge in [0.1, 0.15) is 12.4 Å². The van der Waals surface area contributed by atoms with Crippen molar-refractivity contribution in [3.63, 3.8) is 0 Å². The van der Waals surface area contributed by atoms with E-state index in [0.717, 1.165) is 37.2 Å². The first kappa shape index (κ1) is 17.6. The number of halogens is 1. The van der Waals surface area contributed by atoms with Crippen LogP contribution in [0.3, 0.4) is 0 Å². The number of pyridine rings is 1. The lowest BCUT2D eigenvalue weighted by molar-refractivity contribution is 0.307. The molecule has 2 aromatic carbocycles. The SMILES string of the molecule is Brc1ccc(OCc2ccncc2)c(-c2nnc(Nc3ccccc3)s2)c1. The van der Waals surface area contributed by atoms with Crippen molar-refractivity contribution in [3.8, 4) is 16.3 Å². The zero-order valence-corrected chi connectivity index (χ0v) is 16.6. The zero-order valence-electron chi connectivity index (χ0n) is 14.2. The molecule has 134 valence electrons. The van der Waals surface area contributed by atoms with Crippen molar-refractivity contribution in [3.05, 3.63) is 83.1 Å². The number of hydrogen-bond acceptors (Lipinski definition) is 6. The van der Waals surface area contributed by atoms with E-state index in [9.17, 15) is 0 Å². The Morgan fingerprint density at radius 1 is 0.963 bits per heavy atom. The molecule has 0 fully saturated rings. The van der Waals surface area contributed by atoms with E-state index in [4.69, 9.17) is 4.74 Å². The predicted octanol–water partition coefficient (Wildman–Crippen LogP) is 5.69. The van der Waals surface area contributed by atoms with Crippen molar-refractivity contribution >= 4 is 38.1 Å². The Kier molecular flexibility index (Phi) is 5.41. The molecule has 2 heterocycles. The third-order valence-electron chi connectivity index (χ3n) is 3.77. The highest BCUT2D eigenvalue weighted by atomic mass is 79.9. The molecule has 0 saturated heterocycles. The third kappa shape index (κ3) is 4.50. The number of nitrogens with one attached hydrogen (secondary N) is 1. The first-order chi connectivity index (χ1) is 13.3. The van der Waals surface area contributed by atoms with Crippen LogP contribution in [0.25, 0.3) is 10.6 Å². The smallest absolute Gasteiger partial charge is 0.210 e. The summed E-state index contributed by atoms with van der Waals surface area (Å²) in [5, 5.41) is 13.4. The minimum absolute atomic E-state index is 0.463. The maximum atomic E-state index is 6.03. The number of benzene rings is 2. The van der Waals surface area contributed by atoms with E-state index in [2.05, 4.69) is 36.4 Å². The van der Waals surface area contributed by atoms with E-state index in [1.807, 2.05) is 60.7 Å². The van der Waals surface area contributed by atoms with Gasteiger partial charge < -0.3 is 10.1 Å². The lowest BCUT2D eigenvalue weighted by Crippen LogP contribution is -1.97. The van der Waals surface area contributed by atoms with Crippen LogP contribution < -0.4 is 10.1 Å². The largest absolute Gasteiger partial charge is 0.488 e. The summed E-state index contributed by atoms with van der Waals surface area (Å²) in [4.78, 5) is 4.03. The number of ether oxygens (including phenoxy) is 1. The van der Waals surface area contributed by atoms with Crippen LogP contribution in [0.5, 0.6) is 5.75 Å². The van der Waals surface area contributed by atoms with Crippen LogP contribution in [-0.4, -0.2) is 15.2 Å². The van der Waals surface area contributed by atoms with E-state index >= 15 is 0 Å². The number of anilines is 2. The molecule has 0 bridgehead atoms. The molecule has 4 rings (SSSR count). The summed E-state index contributed by atoms with van der Waals surface area (Å²) in [5.41, 5.74) is 2.93. The molecule has 4 aromatic rings. The lowest BCUT2D eigenvalue weighted by Gasteiger charge is -2.10. The van der Waals surface area contributed by atoms with E-state index in [-0.39, 0.29) is 0 Å². The summed E-state index contributed by atoms with van der Waals surface area (Å²) in [6.07, 6.45) is 3.51. The zero-order chi connectivity index (χ0) is 18.5. The van der Waals surface area contributed by atoms with Crippen LogP contribution in [-0.2, 0) is 6.61 Å². The maximum Gasteiger partial charge on any atom is 0.210 e. The molecule has 1 N–H and O–H groups in total. The average molecular weight is 439 g/mol. The van der Waals surface area contributed by atoms with Gasteiger partial charge >= 0.3 is 0 Å². The van der Waals surface area contributed by atoms with Gasteiger partial charge in [-0.05, 0) is 48.0 Å². The Morgan fingerprint density at radius 3 is 2.59 bits per heavy atom.